The molecule has 1 aliphatic rings. The van der Waals surface area contributed by atoms with Gasteiger partial charge in [-0.1, -0.05) is 25.1 Å². The van der Waals surface area contributed by atoms with Gasteiger partial charge in [0.15, 0.2) is 0 Å². The van der Waals surface area contributed by atoms with Crippen LogP contribution in [-0.4, -0.2) is 47.6 Å². The summed E-state index contributed by atoms with van der Waals surface area (Å²) in [5.74, 6) is 1.44. The van der Waals surface area contributed by atoms with Gasteiger partial charge in [-0.2, -0.15) is 0 Å². The van der Waals surface area contributed by atoms with E-state index >= 15 is 0 Å². The first kappa shape index (κ1) is 18.3. The number of aryl methyl sites for hydroxylation is 1. The molecule has 2 heterocycles. The summed E-state index contributed by atoms with van der Waals surface area (Å²) in [6.07, 6.45) is 1.97. The van der Waals surface area contributed by atoms with Crippen LogP contribution in [0.25, 0.3) is 11.0 Å². The Balaban J connectivity index is 1.33. The van der Waals surface area contributed by atoms with Crippen molar-refractivity contribution < 1.29 is 4.79 Å². The second kappa shape index (κ2) is 7.92. The number of carbonyl (C=O) groups excluding carboxylic acids is 1. The molecule has 6 heteroatoms. The molecule has 1 aromatic heterocycles. The van der Waals surface area contributed by atoms with Crippen molar-refractivity contribution >= 4 is 28.4 Å². The van der Waals surface area contributed by atoms with Gasteiger partial charge >= 0.3 is 6.03 Å². The van der Waals surface area contributed by atoms with Crippen molar-refractivity contribution in [2.24, 2.45) is 5.92 Å². The number of hydrogen-bond donors (Lipinski definition) is 2. The van der Waals surface area contributed by atoms with Crippen molar-refractivity contribution in [2.45, 2.75) is 19.8 Å². The van der Waals surface area contributed by atoms with Crippen molar-refractivity contribution in [1.29, 1.82) is 0 Å². The number of urea groups is 1. The van der Waals surface area contributed by atoms with Crippen LogP contribution in [0, 0.1) is 5.92 Å². The van der Waals surface area contributed by atoms with Gasteiger partial charge in [0, 0.05) is 44.5 Å². The summed E-state index contributed by atoms with van der Waals surface area (Å²) in [5.41, 5.74) is 3.92. The number of nitrogens with zero attached hydrogens (tertiary/aromatic N) is 3. The lowest BCUT2D eigenvalue weighted by Crippen LogP contribution is -2.36. The van der Waals surface area contributed by atoms with Gasteiger partial charge < -0.3 is 20.1 Å². The lowest BCUT2D eigenvalue weighted by atomic mass is 10.1. The summed E-state index contributed by atoms with van der Waals surface area (Å²) >= 11 is 0. The number of anilines is 2. The van der Waals surface area contributed by atoms with Crippen LogP contribution in [-0.2, 0) is 6.42 Å². The van der Waals surface area contributed by atoms with Crippen molar-refractivity contribution in [1.82, 2.24) is 14.9 Å². The summed E-state index contributed by atoms with van der Waals surface area (Å²) in [4.78, 5) is 24.6. The van der Waals surface area contributed by atoms with Crippen LogP contribution < -0.4 is 10.2 Å². The van der Waals surface area contributed by atoms with E-state index in [1.54, 1.807) is 4.90 Å². The van der Waals surface area contributed by atoms with Crippen LogP contribution in [0.3, 0.4) is 0 Å². The van der Waals surface area contributed by atoms with Gasteiger partial charge in [0.25, 0.3) is 0 Å². The van der Waals surface area contributed by atoms with E-state index in [1.165, 1.54) is 5.69 Å². The van der Waals surface area contributed by atoms with E-state index in [4.69, 9.17) is 0 Å². The van der Waals surface area contributed by atoms with Crippen LogP contribution in [0.4, 0.5) is 16.2 Å². The highest BCUT2D eigenvalue weighted by Crippen LogP contribution is 2.24. The Morgan fingerprint density at radius 3 is 2.89 bits per heavy atom. The van der Waals surface area contributed by atoms with Crippen LogP contribution in [0.2, 0.25) is 0 Å². The third-order valence-electron chi connectivity index (χ3n) is 5.40. The normalized spacial score (nSPS) is 16.5. The lowest BCUT2D eigenvalue weighted by molar-refractivity contribution is 0.215. The number of fused-ring (bicyclic) bond motifs is 1. The summed E-state index contributed by atoms with van der Waals surface area (Å²) in [7, 11) is 1.87. The lowest BCUT2D eigenvalue weighted by Gasteiger charge is -2.23. The number of imidazole rings is 1. The molecule has 0 aliphatic carbocycles. The fourth-order valence-corrected chi connectivity index (χ4v) is 3.85. The number of amides is 2. The minimum absolute atomic E-state index is 0.0762. The second-order valence-electron chi connectivity index (χ2n) is 7.52. The molecule has 0 unspecified atom stereocenters. The molecule has 0 radical (unpaired) electrons. The van der Waals surface area contributed by atoms with Crippen molar-refractivity contribution in [3.8, 4) is 0 Å². The molecule has 1 fully saturated rings. The molecular formula is C22H27N5O. The predicted molar refractivity (Wildman–Crippen MR) is 114 cm³/mol. The molecule has 2 aromatic carbocycles. The quantitative estimate of drug-likeness (QED) is 0.703. The summed E-state index contributed by atoms with van der Waals surface area (Å²) in [6.45, 7) is 4.85. The van der Waals surface area contributed by atoms with Crippen LogP contribution in [0.5, 0.6) is 0 Å². The molecule has 0 bridgehead atoms. The number of hydrogen-bond acceptors (Lipinski definition) is 3. The topological polar surface area (TPSA) is 64.3 Å². The fraction of sp³-hybridized carbons (Fsp3) is 0.364. The van der Waals surface area contributed by atoms with E-state index in [9.17, 15) is 4.79 Å². The zero-order valence-corrected chi connectivity index (χ0v) is 16.5. The molecule has 1 atom stereocenters. The van der Waals surface area contributed by atoms with E-state index in [0.717, 1.165) is 55.0 Å². The maximum atomic E-state index is 12.6. The average Bonchev–Trinajstić information content (AvgIpc) is 3.35. The third kappa shape index (κ3) is 3.96. The first-order chi connectivity index (χ1) is 13.6. The predicted octanol–water partition coefficient (Wildman–Crippen LogP) is 4.12. The highest BCUT2D eigenvalue weighted by Gasteiger charge is 2.25. The van der Waals surface area contributed by atoms with Crippen molar-refractivity contribution in [3.05, 3.63) is 54.4 Å². The van der Waals surface area contributed by atoms with Gasteiger partial charge in [-0.05, 0) is 42.7 Å². The Bertz CT molecular complexity index is 952. The number of nitrogens with one attached hydrogen (secondary N) is 2. The first-order valence-corrected chi connectivity index (χ1v) is 9.93. The summed E-state index contributed by atoms with van der Waals surface area (Å²) in [5, 5.41) is 3.00. The van der Waals surface area contributed by atoms with Gasteiger partial charge in [-0.3, -0.25) is 0 Å². The minimum atomic E-state index is -0.0762. The monoisotopic (exact) mass is 377 g/mol. The minimum Gasteiger partial charge on any atom is -0.371 e. The number of para-hydroxylation sites is 1. The molecule has 0 saturated carbocycles. The number of carbonyl (C=O) groups is 1. The molecule has 2 N–H and O–H groups in total. The fourth-order valence-electron chi connectivity index (χ4n) is 3.85. The number of aromatic amines is 1. The summed E-state index contributed by atoms with van der Waals surface area (Å²) in [6, 6.07) is 16.2. The average molecular weight is 377 g/mol. The van der Waals surface area contributed by atoms with Crippen molar-refractivity contribution in [2.75, 3.05) is 36.9 Å². The second-order valence-corrected chi connectivity index (χ2v) is 7.52. The molecule has 1 aliphatic heterocycles. The van der Waals surface area contributed by atoms with Crippen molar-refractivity contribution in [3.63, 3.8) is 0 Å². The molecular weight excluding hydrogens is 350 g/mol. The smallest absolute Gasteiger partial charge is 0.321 e. The van der Waals surface area contributed by atoms with Crippen LogP contribution >= 0.6 is 0 Å². The Labute approximate surface area is 165 Å². The Kier molecular flexibility index (Phi) is 5.19. The number of benzene rings is 2. The zero-order chi connectivity index (χ0) is 19.5. The van der Waals surface area contributed by atoms with E-state index < -0.39 is 0 Å². The van der Waals surface area contributed by atoms with Crippen LogP contribution in [0.15, 0.2) is 48.5 Å². The van der Waals surface area contributed by atoms with E-state index in [-0.39, 0.29) is 6.03 Å². The van der Waals surface area contributed by atoms with Gasteiger partial charge in [-0.15, -0.1) is 0 Å². The highest BCUT2D eigenvalue weighted by molar-refractivity contribution is 5.91. The van der Waals surface area contributed by atoms with E-state index in [0.29, 0.717) is 5.92 Å². The largest absolute Gasteiger partial charge is 0.371 e. The molecule has 4 rings (SSSR count). The molecule has 146 valence electrons. The molecule has 3 aromatic rings. The Hall–Kier alpha value is -3.02. The first-order valence-electron chi connectivity index (χ1n) is 9.93. The zero-order valence-electron chi connectivity index (χ0n) is 16.5. The summed E-state index contributed by atoms with van der Waals surface area (Å²) < 4.78 is 0. The molecule has 2 amide bonds. The van der Waals surface area contributed by atoms with Gasteiger partial charge in [-0.25, -0.2) is 9.78 Å². The SMILES string of the molecule is CCc1nc2ccc(NC(=O)N(C)C[C@@H]3CCN(c4ccccc4)C3)cc2[nH]1. The van der Waals surface area contributed by atoms with Gasteiger partial charge in [0.2, 0.25) is 0 Å². The maximum absolute atomic E-state index is 12.6. The van der Waals surface area contributed by atoms with E-state index in [2.05, 4.69) is 51.4 Å². The number of H-pyrrole nitrogens is 1. The van der Waals surface area contributed by atoms with E-state index in [1.807, 2.05) is 31.3 Å². The standard InChI is InChI=1S/C22H27N5O/c1-3-21-24-19-10-9-17(13-20(19)25-21)23-22(28)26(2)14-16-11-12-27(15-16)18-7-5-4-6-8-18/h4-10,13,16H,3,11-12,14-15H2,1-2H3,(H,23,28)(H,24,25)/t16-/m0/s1. The van der Waals surface area contributed by atoms with Gasteiger partial charge in [0.1, 0.15) is 5.82 Å². The number of aromatic nitrogens is 2. The number of rotatable bonds is 5. The highest BCUT2D eigenvalue weighted by atomic mass is 16.2. The molecule has 6 nitrogen and oxygen atoms in total. The van der Waals surface area contributed by atoms with Gasteiger partial charge in [0.05, 0.1) is 11.0 Å². The molecule has 0 spiro atoms. The Morgan fingerprint density at radius 2 is 2.11 bits per heavy atom. The Morgan fingerprint density at radius 1 is 1.29 bits per heavy atom. The third-order valence-corrected chi connectivity index (χ3v) is 5.40. The molecule has 28 heavy (non-hydrogen) atoms. The maximum Gasteiger partial charge on any atom is 0.321 e. The van der Waals surface area contributed by atoms with Crippen LogP contribution in [0.1, 0.15) is 19.2 Å². The molecule has 1 saturated heterocycles.